The first-order valence-corrected chi connectivity index (χ1v) is 6.35. The van der Waals surface area contributed by atoms with E-state index in [1.165, 1.54) is 0 Å². The number of hydrogen-bond acceptors (Lipinski definition) is 3. The van der Waals surface area contributed by atoms with E-state index in [1.807, 2.05) is 19.1 Å². The van der Waals surface area contributed by atoms with E-state index >= 15 is 0 Å². The lowest BCUT2D eigenvalue weighted by Crippen LogP contribution is -2.12. The highest BCUT2D eigenvalue weighted by Gasteiger charge is 2.07. The Hall–Kier alpha value is -2.17. The fraction of sp³-hybridized carbons (Fsp3) is 0.188. The predicted octanol–water partition coefficient (Wildman–Crippen LogP) is 2.23. The van der Waals surface area contributed by atoms with Crippen molar-refractivity contribution in [2.45, 2.75) is 20.1 Å². The van der Waals surface area contributed by atoms with Crippen LogP contribution in [-0.2, 0) is 13.2 Å². The molecule has 0 radical (unpaired) electrons. The van der Waals surface area contributed by atoms with Crippen LogP contribution < -0.4 is 5.32 Å². The molecule has 0 bridgehead atoms. The van der Waals surface area contributed by atoms with Gasteiger partial charge in [-0.25, -0.2) is 0 Å². The number of aliphatic hydroxyl groups is 2. The van der Waals surface area contributed by atoms with Crippen molar-refractivity contribution in [2.75, 3.05) is 5.32 Å². The molecule has 0 heterocycles. The molecule has 4 heteroatoms. The number of benzene rings is 2. The summed E-state index contributed by atoms with van der Waals surface area (Å²) in [5, 5.41) is 21.1. The Morgan fingerprint density at radius 2 is 1.55 bits per heavy atom. The second-order valence-corrected chi connectivity index (χ2v) is 4.67. The van der Waals surface area contributed by atoms with Crippen LogP contribution in [0.1, 0.15) is 27.0 Å². The minimum Gasteiger partial charge on any atom is -0.392 e. The van der Waals surface area contributed by atoms with Gasteiger partial charge in [0.05, 0.1) is 13.2 Å². The van der Waals surface area contributed by atoms with Crippen molar-refractivity contribution in [3.63, 3.8) is 0 Å². The first kappa shape index (κ1) is 14.2. The smallest absolute Gasteiger partial charge is 0.255 e. The first-order chi connectivity index (χ1) is 9.62. The highest BCUT2D eigenvalue weighted by molar-refractivity contribution is 6.04. The first-order valence-electron chi connectivity index (χ1n) is 6.35. The molecule has 0 aromatic heterocycles. The SMILES string of the molecule is Cc1ccc(C(=O)Nc2cc(CO)cc(CO)c2)cc1. The Labute approximate surface area is 117 Å². The molecule has 3 N–H and O–H groups in total. The molecule has 2 rings (SSSR count). The summed E-state index contributed by atoms with van der Waals surface area (Å²) in [5.41, 5.74) is 3.51. The summed E-state index contributed by atoms with van der Waals surface area (Å²) in [6.45, 7) is 1.68. The maximum Gasteiger partial charge on any atom is 0.255 e. The summed E-state index contributed by atoms with van der Waals surface area (Å²) >= 11 is 0. The van der Waals surface area contributed by atoms with Crippen LogP contribution in [0.15, 0.2) is 42.5 Å². The van der Waals surface area contributed by atoms with E-state index in [9.17, 15) is 4.79 Å². The van der Waals surface area contributed by atoms with Crippen molar-refractivity contribution >= 4 is 11.6 Å². The Kier molecular flexibility index (Phi) is 4.50. The summed E-state index contributed by atoms with van der Waals surface area (Å²) in [6, 6.07) is 12.3. The normalized spacial score (nSPS) is 10.3. The molecule has 0 saturated heterocycles. The molecule has 2 aromatic carbocycles. The van der Waals surface area contributed by atoms with Crippen molar-refractivity contribution in [2.24, 2.45) is 0 Å². The molecule has 20 heavy (non-hydrogen) atoms. The van der Waals surface area contributed by atoms with Crippen molar-refractivity contribution < 1.29 is 15.0 Å². The third-order valence-electron chi connectivity index (χ3n) is 2.99. The molecule has 0 fully saturated rings. The molecular weight excluding hydrogens is 254 g/mol. The molecule has 0 saturated carbocycles. The van der Waals surface area contributed by atoms with Crippen molar-refractivity contribution in [3.05, 3.63) is 64.7 Å². The van der Waals surface area contributed by atoms with Gasteiger partial charge in [-0.15, -0.1) is 0 Å². The average molecular weight is 271 g/mol. The van der Waals surface area contributed by atoms with Crippen LogP contribution in [0.2, 0.25) is 0 Å². The van der Waals surface area contributed by atoms with Crippen LogP contribution in [0.5, 0.6) is 0 Å². The van der Waals surface area contributed by atoms with Gasteiger partial charge in [0.25, 0.3) is 5.91 Å². The lowest BCUT2D eigenvalue weighted by molar-refractivity contribution is 0.102. The fourth-order valence-corrected chi connectivity index (χ4v) is 1.93. The van der Waals surface area contributed by atoms with Crippen LogP contribution in [0.4, 0.5) is 5.69 Å². The summed E-state index contributed by atoms with van der Waals surface area (Å²) in [6.07, 6.45) is 0. The Morgan fingerprint density at radius 3 is 2.05 bits per heavy atom. The van der Waals surface area contributed by atoms with Gasteiger partial charge in [0, 0.05) is 11.3 Å². The minimum absolute atomic E-state index is 0.138. The van der Waals surface area contributed by atoms with Gasteiger partial charge in [0.1, 0.15) is 0 Å². The monoisotopic (exact) mass is 271 g/mol. The van der Waals surface area contributed by atoms with Crippen LogP contribution in [-0.4, -0.2) is 16.1 Å². The number of aryl methyl sites for hydroxylation is 1. The van der Waals surface area contributed by atoms with E-state index in [2.05, 4.69) is 5.32 Å². The van der Waals surface area contributed by atoms with Gasteiger partial charge in [0.15, 0.2) is 0 Å². The Balaban J connectivity index is 2.20. The molecule has 0 aliphatic carbocycles. The zero-order valence-corrected chi connectivity index (χ0v) is 11.3. The van der Waals surface area contributed by atoms with Crippen LogP contribution in [0.3, 0.4) is 0 Å². The minimum atomic E-state index is -0.219. The number of anilines is 1. The quantitative estimate of drug-likeness (QED) is 0.798. The van der Waals surface area contributed by atoms with Gasteiger partial charge in [-0.05, 0) is 42.3 Å². The number of carbonyl (C=O) groups is 1. The third kappa shape index (κ3) is 3.44. The topological polar surface area (TPSA) is 69.6 Å². The molecule has 0 unspecified atom stereocenters. The summed E-state index contributed by atoms with van der Waals surface area (Å²) < 4.78 is 0. The number of aliphatic hydroxyl groups excluding tert-OH is 2. The number of rotatable bonds is 4. The molecule has 104 valence electrons. The second-order valence-electron chi connectivity index (χ2n) is 4.67. The maximum absolute atomic E-state index is 12.1. The van der Waals surface area contributed by atoms with Gasteiger partial charge in [0.2, 0.25) is 0 Å². The van der Waals surface area contributed by atoms with Crippen molar-refractivity contribution in [1.82, 2.24) is 0 Å². The number of amides is 1. The second kappa shape index (κ2) is 6.32. The van der Waals surface area contributed by atoms with E-state index in [-0.39, 0.29) is 19.1 Å². The van der Waals surface area contributed by atoms with Gasteiger partial charge < -0.3 is 15.5 Å². The molecule has 4 nitrogen and oxygen atoms in total. The zero-order valence-electron chi connectivity index (χ0n) is 11.3. The lowest BCUT2D eigenvalue weighted by atomic mass is 10.1. The fourth-order valence-electron chi connectivity index (χ4n) is 1.93. The number of nitrogens with one attached hydrogen (secondary N) is 1. The molecule has 0 aliphatic rings. The van der Waals surface area contributed by atoms with Gasteiger partial charge in [-0.1, -0.05) is 23.8 Å². The lowest BCUT2D eigenvalue weighted by Gasteiger charge is -2.09. The van der Waals surface area contributed by atoms with E-state index < -0.39 is 0 Å². The van der Waals surface area contributed by atoms with E-state index in [0.29, 0.717) is 22.4 Å². The predicted molar refractivity (Wildman–Crippen MR) is 77.4 cm³/mol. The largest absolute Gasteiger partial charge is 0.392 e. The molecule has 2 aromatic rings. The van der Waals surface area contributed by atoms with E-state index in [4.69, 9.17) is 10.2 Å². The van der Waals surface area contributed by atoms with Gasteiger partial charge in [-0.3, -0.25) is 4.79 Å². The zero-order chi connectivity index (χ0) is 14.5. The standard InChI is InChI=1S/C16H17NO3/c1-11-2-4-14(5-3-11)16(20)17-15-7-12(9-18)6-13(8-15)10-19/h2-8,18-19H,9-10H2,1H3,(H,17,20). The van der Waals surface area contributed by atoms with E-state index in [1.54, 1.807) is 30.3 Å². The van der Waals surface area contributed by atoms with Crippen LogP contribution >= 0.6 is 0 Å². The highest BCUT2D eigenvalue weighted by Crippen LogP contribution is 2.16. The van der Waals surface area contributed by atoms with Gasteiger partial charge in [-0.2, -0.15) is 0 Å². The summed E-state index contributed by atoms with van der Waals surface area (Å²) in [4.78, 5) is 12.1. The van der Waals surface area contributed by atoms with Crippen LogP contribution in [0.25, 0.3) is 0 Å². The number of hydrogen-bond donors (Lipinski definition) is 3. The Morgan fingerprint density at radius 1 is 1.00 bits per heavy atom. The summed E-state index contributed by atoms with van der Waals surface area (Å²) in [7, 11) is 0. The van der Waals surface area contributed by atoms with Crippen molar-refractivity contribution in [3.8, 4) is 0 Å². The molecule has 1 amide bonds. The molecule has 0 atom stereocenters. The maximum atomic E-state index is 12.1. The Bertz CT molecular complexity index is 583. The molecule has 0 spiro atoms. The van der Waals surface area contributed by atoms with E-state index in [0.717, 1.165) is 5.56 Å². The summed E-state index contributed by atoms with van der Waals surface area (Å²) in [5.74, 6) is -0.219. The highest BCUT2D eigenvalue weighted by atomic mass is 16.3. The molecule has 0 aliphatic heterocycles. The third-order valence-corrected chi connectivity index (χ3v) is 2.99. The average Bonchev–Trinajstić information content (AvgIpc) is 2.47. The van der Waals surface area contributed by atoms with Gasteiger partial charge >= 0.3 is 0 Å². The number of carbonyl (C=O) groups excluding carboxylic acids is 1. The van der Waals surface area contributed by atoms with Crippen LogP contribution in [0, 0.1) is 6.92 Å². The van der Waals surface area contributed by atoms with Crippen molar-refractivity contribution in [1.29, 1.82) is 0 Å². The molecular formula is C16H17NO3.